The molecule has 1 fully saturated rings. The molecule has 0 unspecified atom stereocenters. The minimum atomic E-state index is -2.02. The number of rotatable bonds is 16. The van der Waals surface area contributed by atoms with Gasteiger partial charge in [-0.05, 0) is 37.5 Å². The molecule has 1 saturated heterocycles. The van der Waals surface area contributed by atoms with Crippen LogP contribution in [0.5, 0.6) is 0 Å². The zero-order valence-electron chi connectivity index (χ0n) is 24.5. The molecular formula is C26H43N5O10S. The van der Waals surface area contributed by atoms with Crippen LogP contribution < -0.4 is 21.3 Å². The van der Waals surface area contributed by atoms with Gasteiger partial charge in [-0.15, -0.1) is 0 Å². The molecule has 0 bridgehead atoms. The Morgan fingerprint density at radius 3 is 2.00 bits per heavy atom. The minimum Gasteiger partial charge on any atom is -0.480 e. The molecule has 0 aliphatic carbocycles. The molecule has 1 aliphatic heterocycles. The van der Waals surface area contributed by atoms with Gasteiger partial charge in [-0.2, -0.15) is 12.6 Å². The normalized spacial score (nSPS) is 17.5. The van der Waals surface area contributed by atoms with Crippen LogP contribution in [0.1, 0.15) is 53.4 Å². The second kappa shape index (κ2) is 17.5. The lowest BCUT2D eigenvalue weighted by molar-refractivity contribution is -0.149. The number of amides is 5. The number of methoxy groups -OCH3 is 1. The van der Waals surface area contributed by atoms with Crippen LogP contribution in [0.3, 0.4) is 0 Å². The van der Waals surface area contributed by atoms with Crippen LogP contribution in [0.2, 0.25) is 0 Å². The third kappa shape index (κ3) is 11.8. The summed E-state index contributed by atoms with van der Waals surface area (Å²) >= 11 is 4.08. The summed E-state index contributed by atoms with van der Waals surface area (Å²) in [5.74, 6) is -5.99. The first-order chi connectivity index (χ1) is 19.6. The number of hydrogen-bond acceptors (Lipinski definition) is 10. The topological polar surface area (TPSA) is 221 Å². The SMILES string of the molecule is COC(=O)CNC(=O)CNC(=O)[C@H](CC(C)C)NC(=O)[C@@H](O)[C@@H](S)C(=O)N[C@@H](CC(C)C)C(=O)N1CCC[C@H]1C(=O)O. The first-order valence-corrected chi connectivity index (χ1v) is 14.2. The molecule has 0 radical (unpaired) electrons. The van der Waals surface area contributed by atoms with Gasteiger partial charge in [0, 0.05) is 6.54 Å². The van der Waals surface area contributed by atoms with E-state index in [-0.39, 0.29) is 31.2 Å². The highest BCUT2D eigenvalue weighted by molar-refractivity contribution is 7.82. The average Bonchev–Trinajstić information content (AvgIpc) is 3.42. The molecular weight excluding hydrogens is 574 g/mol. The van der Waals surface area contributed by atoms with Crippen molar-refractivity contribution in [1.82, 2.24) is 26.2 Å². The Morgan fingerprint density at radius 1 is 0.881 bits per heavy atom. The summed E-state index contributed by atoms with van der Waals surface area (Å²) in [7, 11) is 1.15. The lowest BCUT2D eigenvalue weighted by Gasteiger charge is -2.29. The number of carbonyl (C=O) groups is 7. The Hall–Kier alpha value is -3.40. The smallest absolute Gasteiger partial charge is 0.326 e. The van der Waals surface area contributed by atoms with Crippen LogP contribution in [-0.2, 0) is 38.3 Å². The fourth-order valence-electron chi connectivity index (χ4n) is 4.28. The molecule has 15 nitrogen and oxygen atoms in total. The van der Waals surface area contributed by atoms with Gasteiger partial charge in [0.2, 0.25) is 23.6 Å². The van der Waals surface area contributed by atoms with E-state index in [1.165, 1.54) is 4.90 Å². The molecule has 0 spiro atoms. The van der Waals surface area contributed by atoms with Gasteiger partial charge < -0.3 is 41.1 Å². The van der Waals surface area contributed by atoms with Gasteiger partial charge in [-0.25, -0.2) is 4.79 Å². The maximum atomic E-state index is 13.2. The summed E-state index contributed by atoms with van der Waals surface area (Å²) in [6, 6.07) is -3.29. The molecule has 238 valence electrons. The Balaban J connectivity index is 2.87. The summed E-state index contributed by atoms with van der Waals surface area (Å²) < 4.78 is 4.41. The third-order valence-electron chi connectivity index (χ3n) is 6.40. The molecule has 5 atom stereocenters. The van der Waals surface area contributed by atoms with Crippen molar-refractivity contribution in [2.45, 2.75) is 82.9 Å². The summed E-state index contributed by atoms with van der Waals surface area (Å²) in [4.78, 5) is 87.4. The number of nitrogens with zero attached hydrogens (tertiary/aromatic N) is 1. The van der Waals surface area contributed by atoms with E-state index in [1.807, 2.05) is 13.8 Å². The van der Waals surface area contributed by atoms with Crippen molar-refractivity contribution in [2.75, 3.05) is 26.7 Å². The highest BCUT2D eigenvalue weighted by Gasteiger charge is 2.39. The standard InChI is InChI=1S/C26H43N5O10S/c1-13(2)9-15(22(35)28-11-18(32)27-12-19(33)41-5)29-23(36)20(34)21(42)24(37)30-16(10-14(3)4)25(38)31-8-6-7-17(31)26(39)40/h13-17,20-21,34,42H,6-12H2,1-5H3,(H,27,32)(H,28,35)(H,29,36)(H,30,37)(H,39,40)/t15-,16-,17-,20-,21+/m0/s1. The largest absolute Gasteiger partial charge is 0.480 e. The van der Waals surface area contributed by atoms with Crippen molar-refractivity contribution >= 4 is 54.1 Å². The molecule has 1 aliphatic rings. The molecule has 0 saturated carbocycles. The fourth-order valence-corrected chi connectivity index (χ4v) is 4.49. The summed E-state index contributed by atoms with van der Waals surface area (Å²) in [6.07, 6.45) is -0.917. The van der Waals surface area contributed by atoms with Gasteiger partial charge in [0.05, 0.1) is 13.7 Å². The second-order valence-electron chi connectivity index (χ2n) is 10.9. The van der Waals surface area contributed by atoms with Gasteiger partial charge in [0.25, 0.3) is 5.91 Å². The van der Waals surface area contributed by atoms with Crippen molar-refractivity contribution in [3.8, 4) is 0 Å². The maximum absolute atomic E-state index is 13.2. The predicted octanol–water partition coefficient (Wildman–Crippen LogP) is -1.81. The Morgan fingerprint density at radius 2 is 1.45 bits per heavy atom. The first-order valence-electron chi connectivity index (χ1n) is 13.7. The number of carboxylic acid groups (broad SMARTS) is 1. The lowest BCUT2D eigenvalue weighted by atomic mass is 10.0. The van der Waals surface area contributed by atoms with Crippen molar-refractivity contribution < 1.29 is 48.5 Å². The van der Waals surface area contributed by atoms with E-state index in [9.17, 15) is 43.8 Å². The monoisotopic (exact) mass is 617 g/mol. The first kappa shape index (κ1) is 36.6. The highest BCUT2D eigenvalue weighted by atomic mass is 32.1. The molecule has 1 rings (SSSR count). The van der Waals surface area contributed by atoms with Gasteiger partial charge in [0.15, 0.2) is 6.10 Å². The van der Waals surface area contributed by atoms with Crippen LogP contribution in [0.25, 0.3) is 0 Å². The van der Waals surface area contributed by atoms with E-state index in [0.717, 1.165) is 7.11 Å². The van der Waals surface area contributed by atoms with E-state index in [0.29, 0.717) is 12.8 Å². The zero-order valence-corrected chi connectivity index (χ0v) is 25.4. The molecule has 1 heterocycles. The number of carboxylic acids is 1. The van der Waals surface area contributed by atoms with Gasteiger partial charge >= 0.3 is 11.9 Å². The fraction of sp³-hybridized carbons (Fsp3) is 0.731. The maximum Gasteiger partial charge on any atom is 0.326 e. The number of carbonyl (C=O) groups excluding carboxylic acids is 6. The van der Waals surface area contributed by atoms with Crippen LogP contribution in [0, 0.1) is 11.8 Å². The lowest BCUT2D eigenvalue weighted by Crippen LogP contribution is -2.57. The van der Waals surface area contributed by atoms with E-state index >= 15 is 0 Å². The summed E-state index contributed by atoms with van der Waals surface area (Å²) in [6.45, 7) is 6.52. The number of nitrogens with one attached hydrogen (secondary N) is 4. The molecule has 0 aromatic carbocycles. The van der Waals surface area contributed by atoms with Crippen molar-refractivity contribution in [1.29, 1.82) is 0 Å². The van der Waals surface area contributed by atoms with Crippen LogP contribution >= 0.6 is 12.6 Å². The molecule has 42 heavy (non-hydrogen) atoms. The number of likely N-dealkylation sites (tertiary alicyclic amines) is 1. The van der Waals surface area contributed by atoms with Gasteiger partial charge in [-0.1, -0.05) is 27.7 Å². The molecule has 0 aromatic rings. The number of esters is 1. The van der Waals surface area contributed by atoms with Crippen molar-refractivity contribution in [3.63, 3.8) is 0 Å². The zero-order chi connectivity index (χ0) is 32.1. The quantitative estimate of drug-likeness (QED) is 0.0760. The average molecular weight is 618 g/mol. The number of hydrogen-bond donors (Lipinski definition) is 7. The number of aliphatic hydroxyl groups is 1. The third-order valence-corrected chi connectivity index (χ3v) is 6.92. The van der Waals surface area contributed by atoms with Crippen LogP contribution in [-0.4, -0.2) is 113 Å². The van der Waals surface area contributed by atoms with Crippen LogP contribution in [0.4, 0.5) is 0 Å². The molecule has 6 N–H and O–H groups in total. The van der Waals surface area contributed by atoms with E-state index in [1.54, 1.807) is 13.8 Å². The second-order valence-corrected chi connectivity index (χ2v) is 11.4. The van der Waals surface area contributed by atoms with Crippen molar-refractivity contribution in [2.24, 2.45) is 11.8 Å². The number of thiol groups is 1. The van der Waals surface area contributed by atoms with Gasteiger partial charge in [-0.3, -0.25) is 28.8 Å². The number of ether oxygens (including phenoxy) is 1. The Bertz CT molecular complexity index is 1010. The Kier molecular flexibility index (Phi) is 15.3. The Labute approximate surface area is 250 Å². The van der Waals surface area contributed by atoms with Crippen LogP contribution in [0.15, 0.2) is 0 Å². The number of aliphatic hydroxyl groups excluding tert-OH is 1. The summed E-state index contributed by atoms with van der Waals surface area (Å²) in [5.41, 5.74) is 0. The highest BCUT2D eigenvalue weighted by Crippen LogP contribution is 2.21. The molecule has 16 heteroatoms. The minimum absolute atomic E-state index is 0.0606. The van der Waals surface area contributed by atoms with E-state index in [2.05, 4.69) is 38.6 Å². The predicted molar refractivity (Wildman–Crippen MR) is 152 cm³/mol. The summed E-state index contributed by atoms with van der Waals surface area (Å²) in [5, 5.41) is 27.8. The van der Waals surface area contributed by atoms with E-state index < -0.39 is 84.0 Å². The van der Waals surface area contributed by atoms with Gasteiger partial charge in [0.1, 0.15) is 29.9 Å². The molecule has 0 aromatic heterocycles. The number of aliphatic carboxylic acids is 1. The van der Waals surface area contributed by atoms with E-state index in [4.69, 9.17) is 0 Å². The molecule has 5 amide bonds. The van der Waals surface area contributed by atoms with Crippen molar-refractivity contribution in [3.05, 3.63) is 0 Å².